The average molecular weight is 446 g/mol. The van der Waals surface area contributed by atoms with Crippen LogP contribution in [0.25, 0.3) is 0 Å². The molecule has 0 aliphatic carbocycles. The number of allylic oxidation sites excluding steroid dienone is 1. The lowest BCUT2D eigenvalue weighted by Crippen LogP contribution is -2.26. The Morgan fingerprint density at radius 3 is 2.67 bits per heavy atom. The Morgan fingerprint density at radius 1 is 1.20 bits per heavy atom. The van der Waals surface area contributed by atoms with Crippen molar-refractivity contribution in [3.63, 3.8) is 0 Å². The van der Waals surface area contributed by atoms with Crippen LogP contribution in [0.1, 0.15) is 5.56 Å². The van der Waals surface area contributed by atoms with Crippen molar-refractivity contribution in [3.05, 3.63) is 78.3 Å². The number of nitrogens with zero attached hydrogens (tertiary/aromatic N) is 1. The van der Waals surface area contributed by atoms with Gasteiger partial charge in [-0.2, -0.15) is 0 Å². The molecule has 158 valence electrons. The zero-order valence-electron chi connectivity index (χ0n) is 16.2. The first-order valence-electron chi connectivity index (χ1n) is 9.24. The lowest BCUT2D eigenvalue weighted by molar-refractivity contribution is 0.117. The fraction of sp³-hybridized carbons (Fsp3) is 0.190. The zero-order valence-corrected chi connectivity index (χ0v) is 17.8. The SMILES string of the molecule is C=CCc1ccccc1OCC(O)CNc1ccc(S(=O)(=O)Nc2nccs2)cc1. The van der Waals surface area contributed by atoms with Gasteiger partial charge in [-0.15, -0.1) is 17.9 Å². The predicted molar refractivity (Wildman–Crippen MR) is 120 cm³/mol. The van der Waals surface area contributed by atoms with Gasteiger partial charge in [-0.3, -0.25) is 4.72 Å². The third kappa shape index (κ3) is 6.06. The summed E-state index contributed by atoms with van der Waals surface area (Å²) in [6.45, 7) is 4.12. The van der Waals surface area contributed by atoms with Crippen LogP contribution in [0.2, 0.25) is 0 Å². The van der Waals surface area contributed by atoms with Crippen molar-refractivity contribution in [2.45, 2.75) is 17.4 Å². The fourth-order valence-electron chi connectivity index (χ4n) is 2.65. The van der Waals surface area contributed by atoms with Crippen LogP contribution < -0.4 is 14.8 Å². The molecule has 1 heterocycles. The zero-order chi connectivity index (χ0) is 21.4. The van der Waals surface area contributed by atoms with Gasteiger partial charge in [0.05, 0.1) is 4.90 Å². The van der Waals surface area contributed by atoms with Crippen molar-refractivity contribution in [2.24, 2.45) is 0 Å². The minimum Gasteiger partial charge on any atom is -0.491 e. The van der Waals surface area contributed by atoms with Gasteiger partial charge in [0.15, 0.2) is 5.13 Å². The summed E-state index contributed by atoms with van der Waals surface area (Å²) >= 11 is 1.21. The molecule has 1 atom stereocenters. The number of nitrogens with one attached hydrogen (secondary N) is 2. The summed E-state index contributed by atoms with van der Waals surface area (Å²) in [6.07, 6.45) is 3.29. The Labute approximate surface area is 180 Å². The first kappa shape index (κ1) is 21.8. The monoisotopic (exact) mass is 445 g/mol. The normalized spacial score (nSPS) is 12.2. The van der Waals surface area contributed by atoms with E-state index in [-0.39, 0.29) is 18.0 Å². The van der Waals surface area contributed by atoms with Crippen LogP contribution in [-0.4, -0.2) is 37.8 Å². The quantitative estimate of drug-likeness (QED) is 0.391. The molecule has 3 aromatic rings. The molecule has 3 N–H and O–H groups in total. The summed E-state index contributed by atoms with van der Waals surface area (Å²) < 4.78 is 32.8. The first-order chi connectivity index (χ1) is 14.5. The molecule has 0 amide bonds. The number of thiazole rings is 1. The number of aromatic nitrogens is 1. The second-order valence-electron chi connectivity index (χ2n) is 6.41. The van der Waals surface area contributed by atoms with E-state index in [1.807, 2.05) is 24.3 Å². The fourth-order valence-corrected chi connectivity index (χ4v) is 4.44. The molecule has 7 nitrogen and oxygen atoms in total. The molecule has 2 aromatic carbocycles. The van der Waals surface area contributed by atoms with Crippen LogP contribution in [-0.2, 0) is 16.4 Å². The maximum Gasteiger partial charge on any atom is 0.263 e. The number of rotatable bonds is 11. The molecule has 0 saturated heterocycles. The summed E-state index contributed by atoms with van der Waals surface area (Å²) in [6, 6.07) is 13.9. The molecule has 30 heavy (non-hydrogen) atoms. The van der Waals surface area contributed by atoms with Crippen molar-refractivity contribution in [1.29, 1.82) is 0 Å². The lowest BCUT2D eigenvalue weighted by Gasteiger charge is -2.16. The molecular formula is C21H23N3O4S2. The highest BCUT2D eigenvalue weighted by molar-refractivity contribution is 7.93. The van der Waals surface area contributed by atoms with Gasteiger partial charge in [0, 0.05) is 23.8 Å². The predicted octanol–water partition coefficient (Wildman–Crippen LogP) is 3.52. The van der Waals surface area contributed by atoms with E-state index in [1.54, 1.807) is 23.6 Å². The highest BCUT2D eigenvalue weighted by Gasteiger charge is 2.15. The maximum atomic E-state index is 12.3. The van der Waals surface area contributed by atoms with E-state index >= 15 is 0 Å². The van der Waals surface area contributed by atoms with Crippen molar-refractivity contribution < 1.29 is 18.3 Å². The van der Waals surface area contributed by atoms with E-state index in [9.17, 15) is 13.5 Å². The highest BCUT2D eigenvalue weighted by Crippen LogP contribution is 2.20. The maximum absolute atomic E-state index is 12.3. The van der Waals surface area contributed by atoms with Gasteiger partial charge < -0.3 is 15.2 Å². The molecule has 0 fully saturated rings. The van der Waals surface area contributed by atoms with Crippen molar-refractivity contribution in [3.8, 4) is 5.75 Å². The van der Waals surface area contributed by atoms with Crippen LogP contribution in [0, 0.1) is 0 Å². The van der Waals surface area contributed by atoms with Gasteiger partial charge in [0.1, 0.15) is 18.5 Å². The molecule has 0 saturated carbocycles. The number of sulfonamides is 1. The summed E-state index contributed by atoms with van der Waals surface area (Å²) in [5.74, 6) is 0.721. The van der Waals surface area contributed by atoms with Gasteiger partial charge in [0.2, 0.25) is 0 Å². The minimum absolute atomic E-state index is 0.130. The van der Waals surface area contributed by atoms with Crippen LogP contribution in [0.3, 0.4) is 0 Å². The van der Waals surface area contributed by atoms with Gasteiger partial charge >= 0.3 is 0 Å². The molecule has 3 rings (SSSR count). The van der Waals surface area contributed by atoms with Crippen molar-refractivity contribution in [1.82, 2.24) is 4.98 Å². The summed E-state index contributed by atoms with van der Waals surface area (Å²) in [5, 5.41) is 15.3. The van der Waals surface area contributed by atoms with E-state index in [1.165, 1.54) is 29.7 Å². The number of hydrogen-bond acceptors (Lipinski definition) is 7. The number of ether oxygens (including phenoxy) is 1. The van der Waals surface area contributed by atoms with Crippen LogP contribution >= 0.6 is 11.3 Å². The molecule has 0 bridgehead atoms. The Bertz CT molecular complexity index is 1050. The van der Waals surface area contributed by atoms with E-state index in [4.69, 9.17) is 4.74 Å². The average Bonchev–Trinajstić information content (AvgIpc) is 3.24. The Balaban J connectivity index is 1.50. The molecule has 0 spiro atoms. The van der Waals surface area contributed by atoms with Crippen LogP contribution in [0.5, 0.6) is 5.75 Å². The number of aliphatic hydroxyl groups excluding tert-OH is 1. The van der Waals surface area contributed by atoms with Gasteiger partial charge in [0.25, 0.3) is 10.0 Å². The van der Waals surface area contributed by atoms with Gasteiger partial charge in [-0.25, -0.2) is 13.4 Å². The molecular weight excluding hydrogens is 422 g/mol. The largest absolute Gasteiger partial charge is 0.491 e. The summed E-state index contributed by atoms with van der Waals surface area (Å²) in [4.78, 5) is 4.05. The number of hydrogen-bond donors (Lipinski definition) is 3. The number of aliphatic hydroxyl groups is 1. The van der Waals surface area contributed by atoms with Crippen LogP contribution in [0.15, 0.2) is 77.7 Å². The van der Waals surface area contributed by atoms with Crippen molar-refractivity contribution in [2.75, 3.05) is 23.2 Å². The Kier molecular flexibility index (Phi) is 7.45. The number of para-hydroxylation sites is 1. The molecule has 1 unspecified atom stereocenters. The minimum atomic E-state index is -3.69. The number of anilines is 2. The second-order valence-corrected chi connectivity index (χ2v) is 8.99. The van der Waals surface area contributed by atoms with E-state index in [2.05, 4.69) is 21.6 Å². The van der Waals surface area contributed by atoms with Gasteiger partial charge in [-0.05, 0) is 42.3 Å². The third-order valence-corrected chi connectivity index (χ3v) is 6.30. The van der Waals surface area contributed by atoms with E-state index < -0.39 is 16.1 Å². The smallest absolute Gasteiger partial charge is 0.263 e. The Morgan fingerprint density at radius 2 is 1.97 bits per heavy atom. The lowest BCUT2D eigenvalue weighted by atomic mass is 10.1. The first-order valence-corrected chi connectivity index (χ1v) is 11.6. The molecule has 0 aliphatic heterocycles. The van der Waals surface area contributed by atoms with E-state index in [0.717, 1.165) is 11.3 Å². The Hall–Kier alpha value is -2.88. The van der Waals surface area contributed by atoms with Gasteiger partial charge in [-0.1, -0.05) is 24.3 Å². The topological polar surface area (TPSA) is 101 Å². The molecule has 1 aromatic heterocycles. The van der Waals surface area contributed by atoms with E-state index in [0.29, 0.717) is 17.2 Å². The molecule has 0 aliphatic rings. The number of benzene rings is 2. The van der Waals surface area contributed by atoms with Crippen molar-refractivity contribution >= 4 is 32.2 Å². The van der Waals surface area contributed by atoms with Crippen LogP contribution in [0.4, 0.5) is 10.8 Å². The molecule has 0 radical (unpaired) electrons. The standard InChI is InChI=1S/C21H23N3O4S2/c1-2-5-16-6-3-4-7-20(16)28-15-18(25)14-23-17-8-10-19(11-9-17)30(26,27)24-21-22-12-13-29-21/h2-4,6-13,18,23,25H,1,5,14-15H2,(H,22,24). The molecule has 9 heteroatoms. The summed E-state index contributed by atoms with van der Waals surface area (Å²) in [5.41, 5.74) is 1.70. The summed E-state index contributed by atoms with van der Waals surface area (Å²) in [7, 11) is -3.69. The second kappa shape index (κ2) is 10.2. The third-order valence-electron chi connectivity index (χ3n) is 4.13. The highest BCUT2D eigenvalue weighted by atomic mass is 32.2.